The first-order chi connectivity index (χ1) is 33.4. The Morgan fingerprint density at radius 3 is 1.49 bits per heavy atom. The second-order valence-corrected chi connectivity index (χ2v) is 17.4. The van der Waals surface area contributed by atoms with E-state index in [1.54, 1.807) is 43.7 Å². The summed E-state index contributed by atoms with van der Waals surface area (Å²) in [4.78, 5) is 50.1. The molecule has 6 aromatic rings. The van der Waals surface area contributed by atoms with E-state index in [1.807, 2.05) is 24.0 Å². The number of likely N-dealkylation sites (N-methyl/N-ethyl adjacent to an activating group) is 1. The molecule has 17 nitrogen and oxygen atoms in total. The summed E-state index contributed by atoms with van der Waals surface area (Å²) in [5.41, 5.74) is 5.59. The number of carbonyl (C=O) groups excluding carboxylic acids is 1. The minimum Gasteiger partial charge on any atom is -0.480 e. The number of hydrogen-bond donors (Lipinski definition) is 5. The van der Waals surface area contributed by atoms with Crippen molar-refractivity contribution in [2.45, 2.75) is 51.6 Å². The van der Waals surface area contributed by atoms with Crippen molar-refractivity contribution in [1.29, 1.82) is 0 Å². The van der Waals surface area contributed by atoms with E-state index in [1.165, 1.54) is 12.1 Å². The van der Waals surface area contributed by atoms with E-state index in [0.29, 0.717) is 104 Å². The molecule has 4 fully saturated rings. The first-order valence-corrected chi connectivity index (χ1v) is 23.0. The summed E-state index contributed by atoms with van der Waals surface area (Å²) in [6.45, 7) is 10.3. The Kier molecular flexibility index (Phi) is 15.0. The van der Waals surface area contributed by atoms with Crippen LogP contribution in [0.2, 0.25) is 0 Å². The monoisotopic (exact) mass is 968 g/mol. The van der Waals surface area contributed by atoms with Crippen molar-refractivity contribution in [3.8, 4) is 0 Å². The van der Waals surface area contributed by atoms with Crippen molar-refractivity contribution in [2.24, 2.45) is 0 Å². The number of halogens is 4. The van der Waals surface area contributed by atoms with E-state index in [0.717, 1.165) is 56.1 Å². The number of fused-ring (bicyclic) bond motifs is 2. The molecule has 21 heteroatoms. The lowest BCUT2D eigenvalue weighted by molar-refractivity contribution is -0.138. The summed E-state index contributed by atoms with van der Waals surface area (Å²) in [7, 11) is 1.60. The van der Waals surface area contributed by atoms with E-state index in [4.69, 9.17) is 9.47 Å². The molecule has 4 aliphatic heterocycles. The molecule has 4 aromatic heterocycles. The molecule has 0 bridgehead atoms. The van der Waals surface area contributed by atoms with Crippen LogP contribution < -0.4 is 41.7 Å². The molecular formula is C49H56F4N12O5. The van der Waals surface area contributed by atoms with Crippen LogP contribution in [-0.4, -0.2) is 122 Å². The number of ether oxygens (including phenoxy) is 2. The first-order valence-electron chi connectivity index (χ1n) is 23.0. The maximum absolute atomic E-state index is 15.1. The topological polar surface area (TPSA) is 208 Å². The van der Waals surface area contributed by atoms with Gasteiger partial charge in [-0.2, -0.15) is 0 Å². The third-order valence-corrected chi connectivity index (χ3v) is 13.1. The molecule has 2 aromatic carbocycles. The molecule has 0 aliphatic carbocycles. The highest BCUT2D eigenvalue weighted by atomic mass is 19.1. The predicted molar refractivity (Wildman–Crippen MR) is 261 cm³/mol. The molecule has 0 unspecified atom stereocenters. The minimum atomic E-state index is -0.943. The van der Waals surface area contributed by atoms with Crippen LogP contribution in [0.15, 0.2) is 61.2 Å². The first kappa shape index (κ1) is 49.3. The molecule has 370 valence electrons. The summed E-state index contributed by atoms with van der Waals surface area (Å²) < 4.78 is 69.2. The Morgan fingerprint density at radius 2 is 1.06 bits per heavy atom. The van der Waals surface area contributed by atoms with Gasteiger partial charge in [-0.3, -0.25) is 14.8 Å². The third kappa shape index (κ3) is 10.1. The summed E-state index contributed by atoms with van der Waals surface area (Å²) in [5.74, 6) is -3.00. The number of nitrogens with zero attached hydrogens (tertiary/aromatic N) is 8. The highest BCUT2D eigenvalue weighted by molar-refractivity contribution is 6.00. The maximum atomic E-state index is 15.1. The standard InChI is InChI=1S/C25H28F2N6O2.C24H25F2N5O3.H3N/c1-15-23(30-17-12-18(14-29-13-17)32-6-8-35-9-7-32)22-19(27)10-16(26)11-20(22)31-24(15)33-5-3-4-21(33)25(34)28-2;1-14-22(28-16-11-17(13-27-12-16)30-5-7-34-8-6-30)21-18(26)9-15(25)10-19(21)29-23(14)31-4-2-3-20(31)24(32)33;/h10-14,21H,3-9H2,1-2H3,(H,28,34)(H,30,31);9-13,20H,2-8H2,1H3,(H,28,29)(H,32,33);1H3/t21-;20-;/m00./s1. The fourth-order valence-electron chi connectivity index (χ4n) is 9.66. The molecule has 10 rings (SSSR count). The second-order valence-electron chi connectivity index (χ2n) is 17.4. The number of anilines is 8. The highest BCUT2D eigenvalue weighted by Gasteiger charge is 2.35. The molecular weight excluding hydrogens is 913 g/mol. The Balaban J connectivity index is 0.000000186. The van der Waals surface area contributed by atoms with E-state index in [-0.39, 0.29) is 39.9 Å². The Labute approximate surface area is 401 Å². The molecule has 0 radical (unpaired) electrons. The van der Waals surface area contributed by atoms with E-state index in [9.17, 15) is 23.5 Å². The van der Waals surface area contributed by atoms with Gasteiger partial charge in [0.2, 0.25) is 5.91 Å². The van der Waals surface area contributed by atoms with Crippen molar-refractivity contribution in [3.05, 3.63) is 95.6 Å². The summed E-state index contributed by atoms with van der Waals surface area (Å²) in [5, 5.41) is 19.3. The molecule has 70 heavy (non-hydrogen) atoms. The Morgan fingerprint density at radius 1 is 0.629 bits per heavy atom. The van der Waals surface area contributed by atoms with Gasteiger partial charge in [0.1, 0.15) is 47.0 Å². The predicted octanol–water partition coefficient (Wildman–Crippen LogP) is 7.52. The normalized spacial score (nSPS) is 18.1. The molecule has 0 saturated carbocycles. The lowest BCUT2D eigenvalue weighted by atomic mass is 10.1. The van der Waals surface area contributed by atoms with Gasteiger partial charge < -0.3 is 56.3 Å². The SMILES string of the molecule is CNC(=O)[C@@H]1CCCN1c1nc2cc(F)cc(F)c2c(Nc2cncc(N3CCOCC3)c2)c1C.Cc1c(N2CCC[C@H]2C(=O)O)nc2cc(F)cc(F)c2c1Nc1cncc(N2CCOCC2)c1.N. The maximum Gasteiger partial charge on any atom is 0.326 e. The van der Waals surface area contributed by atoms with Crippen LogP contribution in [-0.2, 0) is 19.1 Å². The number of nitrogens with one attached hydrogen (secondary N) is 3. The number of aromatic nitrogens is 4. The zero-order valence-electron chi connectivity index (χ0n) is 39.2. The van der Waals surface area contributed by atoms with Crippen molar-refractivity contribution < 1.29 is 41.7 Å². The quantitative estimate of drug-likeness (QED) is 0.0841. The molecule has 4 saturated heterocycles. The van der Waals surface area contributed by atoms with Crippen LogP contribution in [0.4, 0.5) is 63.3 Å². The Hall–Kier alpha value is -7.10. The lowest BCUT2D eigenvalue weighted by Gasteiger charge is -2.29. The average molecular weight is 969 g/mol. The molecule has 2 atom stereocenters. The molecule has 1 amide bonds. The van der Waals surface area contributed by atoms with Gasteiger partial charge in [0.15, 0.2) is 0 Å². The highest BCUT2D eigenvalue weighted by Crippen LogP contribution is 2.41. The number of aliphatic carboxylic acids is 1. The average Bonchev–Trinajstić information content (AvgIpc) is 4.05. The van der Waals surface area contributed by atoms with Gasteiger partial charge >= 0.3 is 5.97 Å². The van der Waals surface area contributed by atoms with Gasteiger partial charge in [-0.05, 0) is 51.7 Å². The number of carbonyl (C=O) groups is 2. The van der Waals surface area contributed by atoms with E-state index >= 15 is 8.78 Å². The molecule has 7 N–H and O–H groups in total. The number of benzene rings is 2. The van der Waals surface area contributed by atoms with Gasteiger partial charge in [-0.1, -0.05) is 0 Å². The van der Waals surface area contributed by atoms with Crippen LogP contribution in [0.1, 0.15) is 36.8 Å². The van der Waals surface area contributed by atoms with Crippen LogP contribution in [0, 0.1) is 37.1 Å². The fraction of sp³-hybridized carbons (Fsp3) is 0.388. The molecule has 0 spiro atoms. The number of hydrogen-bond acceptors (Lipinski definition) is 15. The van der Waals surface area contributed by atoms with Crippen molar-refractivity contribution in [1.82, 2.24) is 31.4 Å². The van der Waals surface area contributed by atoms with Crippen LogP contribution >= 0.6 is 0 Å². The number of rotatable bonds is 10. The van der Waals surface area contributed by atoms with Gasteiger partial charge in [0, 0.05) is 81.7 Å². The largest absolute Gasteiger partial charge is 0.480 e. The van der Waals surface area contributed by atoms with Crippen LogP contribution in [0.25, 0.3) is 21.8 Å². The van der Waals surface area contributed by atoms with E-state index in [2.05, 4.69) is 45.7 Å². The zero-order chi connectivity index (χ0) is 48.3. The zero-order valence-corrected chi connectivity index (χ0v) is 39.2. The van der Waals surface area contributed by atoms with Crippen molar-refractivity contribution in [2.75, 3.05) is 103 Å². The molecule has 4 aliphatic rings. The van der Waals surface area contributed by atoms with Gasteiger partial charge in [-0.15, -0.1) is 0 Å². The van der Waals surface area contributed by atoms with E-state index < -0.39 is 35.3 Å². The van der Waals surface area contributed by atoms with Gasteiger partial charge in [0.05, 0.1) is 107 Å². The number of amides is 1. The van der Waals surface area contributed by atoms with Crippen molar-refractivity contribution >= 4 is 79.4 Å². The second kappa shape index (κ2) is 21.3. The number of pyridine rings is 4. The van der Waals surface area contributed by atoms with Crippen LogP contribution in [0.5, 0.6) is 0 Å². The minimum absolute atomic E-state index is 0. The Bertz CT molecular complexity index is 2900. The van der Waals surface area contributed by atoms with Crippen molar-refractivity contribution in [3.63, 3.8) is 0 Å². The van der Waals surface area contributed by atoms with Gasteiger partial charge in [0.25, 0.3) is 0 Å². The number of carboxylic acid groups (broad SMARTS) is 1. The summed E-state index contributed by atoms with van der Waals surface area (Å²) in [6, 6.07) is 6.82. The molecule has 8 heterocycles. The van der Waals surface area contributed by atoms with Gasteiger partial charge in [-0.25, -0.2) is 32.3 Å². The van der Waals surface area contributed by atoms with Crippen LogP contribution in [0.3, 0.4) is 0 Å². The fourth-order valence-corrected chi connectivity index (χ4v) is 9.66. The summed E-state index contributed by atoms with van der Waals surface area (Å²) in [6.07, 6.45) is 9.53. The smallest absolute Gasteiger partial charge is 0.326 e. The number of morpholine rings is 2. The number of carboxylic acids is 1. The summed E-state index contributed by atoms with van der Waals surface area (Å²) >= 11 is 0. The third-order valence-electron chi connectivity index (χ3n) is 13.1. The lowest BCUT2D eigenvalue weighted by Crippen LogP contribution is -2.42.